The second-order valence-corrected chi connectivity index (χ2v) is 6.29. The van der Waals surface area contributed by atoms with Crippen molar-refractivity contribution in [2.75, 3.05) is 0 Å². The quantitative estimate of drug-likeness (QED) is 0.393. The summed E-state index contributed by atoms with van der Waals surface area (Å²) in [6.45, 7) is 3.00. The third-order valence-electron chi connectivity index (χ3n) is 4.24. The van der Waals surface area contributed by atoms with Crippen LogP contribution in [0.2, 0.25) is 0 Å². The van der Waals surface area contributed by atoms with Gasteiger partial charge in [-0.05, 0) is 49.2 Å². The summed E-state index contributed by atoms with van der Waals surface area (Å²) >= 11 is 0. The minimum absolute atomic E-state index is 0.342. The molecule has 0 saturated carbocycles. The highest BCUT2D eigenvalue weighted by atomic mass is 19.1. The minimum Gasteiger partial charge on any atom is -0.505 e. The van der Waals surface area contributed by atoms with E-state index in [1.807, 2.05) is 5.32 Å². The number of ether oxygens (including phenoxy) is 1. The van der Waals surface area contributed by atoms with Crippen molar-refractivity contribution in [3.63, 3.8) is 0 Å². The second-order valence-electron chi connectivity index (χ2n) is 6.29. The van der Waals surface area contributed by atoms with Crippen molar-refractivity contribution in [2.24, 2.45) is 0 Å². The Morgan fingerprint density at radius 3 is 2.41 bits per heavy atom. The summed E-state index contributed by atoms with van der Waals surface area (Å²) in [7, 11) is 0. The van der Waals surface area contributed by atoms with E-state index in [1.165, 1.54) is 19.1 Å². The zero-order valence-corrected chi connectivity index (χ0v) is 15.6. The lowest BCUT2D eigenvalue weighted by Gasteiger charge is -2.13. The zero-order valence-electron chi connectivity index (χ0n) is 15.6. The van der Waals surface area contributed by atoms with E-state index in [4.69, 9.17) is 5.21 Å². The number of benzene rings is 2. The van der Waals surface area contributed by atoms with Crippen LogP contribution >= 0.6 is 0 Å². The van der Waals surface area contributed by atoms with Gasteiger partial charge in [0.25, 0.3) is 5.91 Å². The normalized spacial score (nSPS) is 11.9. The molecule has 3 rings (SSSR count). The van der Waals surface area contributed by atoms with Crippen LogP contribution in [-0.2, 0) is 4.74 Å². The van der Waals surface area contributed by atoms with Crippen LogP contribution in [-0.4, -0.2) is 33.5 Å². The van der Waals surface area contributed by atoms with Crippen LogP contribution in [0.15, 0.2) is 42.5 Å². The molecule has 0 saturated heterocycles. The highest BCUT2D eigenvalue weighted by Gasteiger charge is 2.21. The summed E-state index contributed by atoms with van der Waals surface area (Å²) in [5.41, 5.74) is 3.37. The van der Waals surface area contributed by atoms with Crippen molar-refractivity contribution in [1.29, 1.82) is 0 Å². The van der Waals surface area contributed by atoms with Crippen molar-refractivity contribution < 1.29 is 29.0 Å². The first-order valence-corrected chi connectivity index (χ1v) is 8.61. The highest BCUT2D eigenvalue weighted by Crippen LogP contribution is 2.33. The van der Waals surface area contributed by atoms with Gasteiger partial charge in [0, 0.05) is 16.5 Å². The molecule has 1 aromatic heterocycles. The summed E-state index contributed by atoms with van der Waals surface area (Å²) < 4.78 is 17.8. The van der Waals surface area contributed by atoms with E-state index >= 15 is 0 Å². The number of aryl methyl sites for hydroxylation is 1. The maximum Gasteiger partial charge on any atom is 0.415 e. The molecule has 4 N–H and O–H groups in total. The molecule has 9 heteroatoms. The maximum atomic E-state index is 13.1. The Hall–Kier alpha value is -3.56. The van der Waals surface area contributed by atoms with E-state index in [0.29, 0.717) is 16.5 Å². The van der Waals surface area contributed by atoms with E-state index in [9.17, 15) is 19.1 Å². The lowest BCUT2D eigenvalue weighted by molar-refractivity contribution is -0.00129. The third-order valence-corrected chi connectivity index (χ3v) is 4.24. The number of halogens is 1. The summed E-state index contributed by atoms with van der Waals surface area (Å²) in [5.74, 6) is -1.69. The zero-order chi connectivity index (χ0) is 21.1. The van der Waals surface area contributed by atoms with E-state index in [0.717, 1.165) is 11.1 Å². The number of rotatable bonds is 4. The Kier molecular flexibility index (Phi) is 5.71. The Labute approximate surface area is 164 Å². The molecule has 0 spiro atoms. The number of nitrogens with one attached hydrogen (secondary N) is 2. The van der Waals surface area contributed by atoms with E-state index in [-0.39, 0.29) is 11.5 Å². The molecule has 1 atom stereocenters. The molecule has 0 radical (unpaired) electrons. The molecule has 8 nitrogen and oxygen atoms in total. The number of pyridine rings is 1. The molecule has 0 aliphatic carbocycles. The number of aromatic nitrogens is 1. The van der Waals surface area contributed by atoms with Crippen LogP contribution in [0.5, 0.6) is 5.75 Å². The number of imide groups is 1. The molecule has 0 bridgehead atoms. The predicted octanol–water partition coefficient (Wildman–Crippen LogP) is 3.25. The molecule has 29 heavy (non-hydrogen) atoms. The van der Waals surface area contributed by atoms with Gasteiger partial charge in [-0.1, -0.05) is 18.2 Å². The first-order chi connectivity index (χ1) is 13.8. The smallest absolute Gasteiger partial charge is 0.415 e. The molecular weight excluding hydrogens is 381 g/mol. The van der Waals surface area contributed by atoms with Crippen LogP contribution < -0.4 is 10.8 Å². The Balaban J connectivity index is 1.94. The number of carbonyl (C=O) groups excluding carboxylic acids is 2. The fraction of sp³-hybridized carbons (Fsp3) is 0.150. The van der Waals surface area contributed by atoms with Gasteiger partial charge in [0.1, 0.15) is 5.82 Å². The molecule has 0 aliphatic rings. The summed E-state index contributed by atoms with van der Waals surface area (Å²) in [6.07, 6.45) is -2.15. The Bertz CT molecular complexity index is 1090. The minimum atomic E-state index is -1.12. The number of alkyl carbamates (subject to hydrolysis) is 1. The van der Waals surface area contributed by atoms with Crippen molar-refractivity contribution in [1.82, 2.24) is 15.8 Å². The summed E-state index contributed by atoms with van der Waals surface area (Å²) in [4.78, 5) is 28.1. The standard InChI is InChI=1S/C20H18FN3O5/c1-10-16-9-13(12-3-6-14(21)7-4-12)5-8-15(16)18(25)17(22-10)19(26)23-20(27)29-11(2)24-28/h3-9,11,24-25,28H,1-2H3,(H,23,26,27). The van der Waals surface area contributed by atoms with Gasteiger partial charge in [-0.25, -0.2) is 14.2 Å². The number of hydroxylamine groups is 1. The lowest BCUT2D eigenvalue weighted by atomic mass is 9.99. The molecule has 2 amide bonds. The number of hydrogen-bond donors (Lipinski definition) is 4. The van der Waals surface area contributed by atoms with Gasteiger partial charge < -0.3 is 15.1 Å². The molecule has 2 aromatic carbocycles. The monoisotopic (exact) mass is 399 g/mol. The second kappa shape index (κ2) is 8.21. The molecule has 150 valence electrons. The average molecular weight is 399 g/mol. The van der Waals surface area contributed by atoms with E-state index in [1.54, 1.807) is 42.7 Å². The average Bonchev–Trinajstić information content (AvgIpc) is 2.70. The lowest BCUT2D eigenvalue weighted by Crippen LogP contribution is -2.37. The maximum absolute atomic E-state index is 13.1. The SMILES string of the molecule is Cc1nc(C(=O)NC(=O)OC(C)NO)c(O)c2ccc(-c3ccc(F)cc3)cc12. The van der Waals surface area contributed by atoms with Crippen LogP contribution in [0.3, 0.4) is 0 Å². The van der Waals surface area contributed by atoms with Crippen LogP contribution in [0.25, 0.3) is 21.9 Å². The fourth-order valence-electron chi connectivity index (χ4n) is 2.81. The van der Waals surface area contributed by atoms with Gasteiger partial charge in [0.15, 0.2) is 17.7 Å². The first kappa shape index (κ1) is 20.2. The summed E-state index contributed by atoms with van der Waals surface area (Å²) in [5, 5.41) is 22.0. The van der Waals surface area contributed by atoms with Crippen molar-refractivity contribution in [3.8, 4) is 16.9 Å². The molecule has 1 heterocycles. The van der Waals surface area contributed by atoms with Crippen molar-refractivity contribution in [3.05, 3.63) is 59.7 Å². The number of nitrogens with zero attached hydrogens (tertiary/aromatic N) is 1. The number of carbonyl (C=O) groups is 2. The highest BCUT2D eigenvalue weighted by molar-refractivity contribution is 6.07. The number of hydrogen-bond acceptors (Lipinski definition) is 7. The van der Waals surface area contributed by atoms with Crippen molar-refractivity contribution in [2.45, 2.75) is 20.1 Å². The van der Waals surface area contributed by atoms with Gasteiger partial charge in [0.05, 0.1) is 0 Å². The predicted molar refractivity (Wildman–Crippen MR) is 102 cm³/mol. The van der Waals surface area contributed by atoms with Crippen LogP contribution in [0, 0.1) is 12.7 Å². The third kappa shape index (κ3) is 4.31. The van der Waals surface area contributed by atoms with Crippen LogP contribution in [0.1, 0.15) is 23.1 Å². The van der Waals surface area contributed by atoms with E-state index in [2.05, 4.69) is 9.72 Å². The Morgan fingerprint density at radius 1 is 1.10 bits per heavy atom. The molecule has 0 aliphatic heterocycles. The van der Waals surface area contributed by atoms with Crippen LogP contribution in [0.4, 0.5) is 9.18 Å². The number of fused-ring (bicyclic) bond motifs is 1. The molecule has 3 aromatic rings. The Morgan fingerprint density at radius 2 is 1.76 bits per heavy atom. The molecule has 0 fully saturated rings. The first-order valence-electron chi connectivity index (χ1n) is 8.61. The van der Waals surface area contributed by atoms with Gasteiger partial charge in [-0.2, -0.15) is 5.48 Å². The van der Waals surface area contributed by atoms with E-state index < -0.39 is 24.0 Å². The summed E-state index contributed by atoms with van der Waals surface area (Å²) in [6, 6.07) is 11.1. The van der Waals surface area contributed by atoms with Crippen molar-refractivity contribution >= 4 is 22.8 Å². The number of aromatic hydroxyl groups is 1. The van der Waals surface area contributed by atoms with Gasteiger partial charge in [0.2, 0.25) is 0 Å². The molecule has 1 unspecified atom stereocenters. The number of amides is 2. The largest absolute Gasteiger partial charge is 0.505 e. The van der Waals surface area contributed by atoms with Gasteiger partial charge >= 0.3 is 6.09 Å². The fourth-order valence-corrected chi connectivity index (χ4v) is 2.81. The molecular formula is C20H18FN3O5. The topological polar surface area (TPSA) is 121 Å². The van der Waals surface area contributed by atoms with Gasteiger partial charge in [-0.3, -0.25) is 10.1 Å². The van der Waals surface area contributed by atoms with Gasteiger partial charge in [-0.15, -0.1) is 0 Å².